The van der Waals surface area contributed by atoms with E-state index in [9.17, 15) is 10.2 Å². The maximum atomic E-state index is 11.5. The zero-order chi connectivity index (χ0) is 21.3. The minimum absolute atomic E-state index is 0.191. The summed E-state index contributed by atoms with van der Waals surface area (Å²) in [5, 5.41) is 21.8. The van der Waals surface area contributed by atoms with Gasteiger partial charge in [-0.3, -0.25) is 4.90 Å². The van der Waals surface area contributed by atoms with Gasteiger partial charge in [0.05, 0.1) is 19.8 Å². The van der Waals surface area contributed by atoms with E-state index in [2.05, 4.69) is 11.5 Å². The summed E-state index contributed by atoms with van der Waals surface area (Å²) in [6.45, 7) is 4.58. The van der Waals surface area contributed by atoms with Gasteiger partial charge in [0.1, 0.15) is 5.75 Å². The van der Waals surface area contributed by atoms with E-state index >= 15 is 0 Å². The monoisotopic (exact) mass is 409 g/mol. The lowest BCUT2D eigenvalue weighted by molar-refractivity contribution is -0.0595. The molecule has 2 bridgehead atoms. The largest absolute Gasteiger partial charge is 0.504 e. The van der Waals surface area contributed by atoms with Crippen molar-refractivity contribution in [3.8, 4) is 17.2 Å². The Morgan fingerprint density at radius 2 is 1.77 bits per heavy atom. The lowest BCUT2D eigenvalue weighted by atomic mass is 9.80. The number of phenols is 1. The van der Waals surface area contributed by atoms with E-state index in [0.717, 1.165) is 54.7 Å². The summed E-state index contributed by atoms with van der Waals surface area (Å²) in [4.78, 5) is 2.52. The number of ether oxygens (including phenoxy) is 2. The molecule has 160 valence electrons. The number of aromatic hydroxyl groups is 1. The normalized spacial score (nSPS) is 25.8. The van der Waals surface area contributed by atoms with Crippen LogP contribution < -0.4 is 9.47 Å². The molecular weight excluding hydrogens is 378 g/mol. The van der Waals surface area contributed by atoms with Gasteiger partial charge in [-0.05, 0) is 61.4 Å². The molecule has 2 fully saturated rings. The van der Waals surface area contributed by atoms with Gasteiger partial charge in [-0.1, -0.05) is 24.3 Å². The van der Waals surface area contributed by atoms with Crippen LogP contribution in [0, 0.1) is 0 Å². The van der Waals surface area contributed by atoms with E-state index in [-0.39, 0.29) is 5.75 Å². The fourth-order valence-electron chi connectivity index (χ4n) is 5.21. The number of hydrogen-bond donors (Lipinski definition) is 2. The molecule has 0 aliphatic carbocycles. The predicted molar refractivity (Wildman–Crippen MR) is 117 cm³/mol. The van der Waals surface area contributed by atoms with E-state index < -0.39 is 5.60 Å². The number of fused-ring (bicyclic) bond motifs is 2. The number of rotatable bonds is 7. The van der Waals surface area contributed by atoms with Crippen molar-refractivity contribution in [2.75, 3.05) is 14.2 Å². The molecule has 0 radical (unpaired) electrons. The Morgan fingerprint density at radius 3 is 2.33 bits per heavy atom. The Morgan fingerprint density at radius 1 is 1.10 bits per heavy atom. The molecule has 30 heavy (non-hydrogen) atoms. The molecule has 4 rings (SSSR count). The fraction of sp³-hybridized carbons (Fsp3) is 0.440. The highest BCUT2D eigenvalue weighted by molar-refractivity contribution is 5.49. The molecule has 2 saturated heterocycles. The molecule has 0 saturated carbocycles. The standard InChI is InChI=1S/C25H31NO4/c1-4-5-18-12-17(13-23(30-3)24(18)27)16-26-20-8-9-21(26)15-25(28,14-20)19-6-10-22(29-2)11-7-19/h4,6-7,10-13,20-21,27-28H,1,5,8-9,14-16H2,2-3H3/t20-,21-/m1/s1. The van der Waals surface area contributed by atoms with Gasteiger partial charge in [-0.2, -0.15) is 0 Å². The van der Waals surface area contributed by atoms with E-state index in [1.165, 1.54) is 0 Å². The van der Waals surface area contributed by atoms with Crippen molar-refractivity contribution in [2.45, 2.75) is 56.3 Å². The summed E-state index contributed by atoms with van der Waals surface area (Å²) in [5.74, 6) is 1.50. The number of aliphatic hydroxyl groups is 1. The molecule has 2 N–H and O–H groups in total. The van der Waals surface area contributed by atoms with Crippen LogP contribution in [0.1, 0.15) is 42.4 Å². The van der Waals surface area contributed by atoms with Gasteiger partial charge in [-0.25, -0.2) is 0 Å². The third kappa shape index (κ3) is 3.80. The van der Waals surface area contributed by atoms with Gasteiger partial charge < -0.3 is 19.7 Å². The highest BCUT2D eigenvalue weighted by Crippen LogP contribution is 2.46. The molecule has 0 unspecified atom stereocenters. The van der Waals surface area contributed by atoms with Crippen molar-refractivity contribution in [2.24, 2.45) is 0 Å². The van der Waals surface area contributed by atoms with Gasteiger partial charge in [-0.15, -0.1) is 6.58 Å². The molecule has 5 heteroatoms. The first-order chi connectivity index (χ1) is 14.5. The van der Waals surface area contributed by atoms with Crippen LogP contribution in [-0.2, 0) is 18.6 Å². The second kappa shape index (κ2) is 8.32. The highest BCUT2D eigenvalue weighted by atomic mass is 16.5. The second-order valence-corrected chi connectivity index (χ2v) is 8.52. The summed E-state index contributed by atoms with van der Waals surface area (Å²) < 4.78 is 10.6. The van der Waals surface area contributed by atoms with Gasteiger partial charge in [0, 0.05) is 24.2 Å². The number of hydrogen-bond acceptors (Lipinski definition) is 5. The average molecular weight is 410 g/mol. The van der Waals surface area contributed by atoms with Crippen LogP contribution >= 0.6 is 0 Å². The van der Waals surface area contributed by atoms with Crippen molar-refractivity contribution in [1.29, 1.82) is 0 Å². The third-order valence-corrected chi connectivity index (χ3v) is 6.71. The molecule has 0 spiro atoms. The molecule has 2 aliphatic rings. The molecule has 2 aromatic carbocycles. The first-order valence-corrected chi connectivity index (χ1v) is 10.6. The molecular formula is C25H31NO4. The van der Waals surface area contributed by atoms with Crippen molar-refractivity contribution in [3.05, 3.63) is 65.7 Å². The van der Waals surface area contributed by atoms with Crippen LogP contribution in [0.4, 0.5) is 0 Å². The number of nitrogens with zero attached hydrogens (tertiary/aromatic N) is 1. The Hall–Kier alpha value is -2.50. The van der Waals surface area contributed by atoms with Crippen LogP contribution in [-0.4, -0.2) is 41.4 Å². The Balaban J connectivity index is 1.54. The maximum absolute atomic E-state index is 11.5. The smallest absolute Gasteiger partial charge is 0.161 e. The molecule has 0 aromatic heterocycles. The van der Waals surface area contributed by atoms with Gasteiger partial charge in [0.2, 0.25) is 0 Å². The minimum Gasteiger partial charge on any atom is -0.504 e. The lowest BCUT2D eigenvalue weighted by Gasteiger charge is -2.44. The molecule has 5 nitrogen and oxygen atoms in total. The van der Waals surface area contributed by atoms with Crippen LogP contribution in [0.2, 0.25) is 0 Å². The first kappa shape index (κ1) is 20.8. The third-order valence-electron chi connectivity index (χ3n) is 6.71. The number of phenolic OH excluding ortho intramolecular Hbond substituents is 1. The molecule has 2 aromatic rings. The molecule has 2 atom stereocenters. The van der Waals surface area contributed by atoms with E-state index in [1.54, 1.807) is 20.3 Å². The van der Waals surface area contributed by atoms with E-state index in [1.807, 2.05) is 36.4 Å². The Labute approximate surface area is 178 Å². The average Bonchev–Trinajstić information content (AvgIpc) is 2.99. The second-order valence-electron chi connectivity index (χ2n) is 8.52. The Kier molecular flexibility index (Phi) is 5.76. The van der Waals surface area contributed by atoms with Crippen molar-refractivity contribution in [3.63, 3.8) is 0 Å². The van der Waals surface area contributed by atoms with Crippen LogP contribution in [0.25, 0.3) is 0 Å². The zero-order valence-corrected chi connectivity index (χ0v) is 17.8. The fourth-order valence-corrected chi connectivity index (χ4v) is 5.21. The highest BCUT2D eigenvalue weighted by Gasteiger charge is 2.48. The summed E-state index contributed by atoms with van der Waals surface area (Å²) in [6.07, 6.45) is 6.03. The predicted octanol–water partition coefficient (Wildman–Crippen LogP) is 4.15. The van der Waals surface area contributed by atoms with Crippen LogP contribution in [0.3, 0.4) is 0 Å². The SMILES string of the molecule is C=CCc1cc(CN2[C@@H]3CC[C@@H]2CC(O)(c2ccc(OC)cc2)C3)cc(OC)c1O. The summed E-state index contributed by atoms with van der Waals surface area (Å²) in [7, 11) is 3.23. The Bertz CT molecular complexity index is 894. The van der Waals surface area contributed by atoms with E-state index in [4.69, 9.17) is 9.47 Å². The van der Waals surface area contributed by atoms with Gasteiger partial charge in [0.25, 0.3) is 0 Å². The molecule has 0 amide bonds. The molecule has 2 heterocycles. The number of methoxy groups -OCH3 is 2. The van der Waals surface area contributed by atoms with Gasteiger partial charge >= 0.3 is 0 Å². The van der Waals surface area contributed by atoms with Crippen molar-refractivity contribution < 1.29 is 19.7 Å². The topological polar surface area (TPSA) is 62.2 Å². The summed E-state index contributed by atoms with van der Waals surface area (Å²) in [5.41, 5.74) is 2.13. The number of allylic oxidation sites excluding steroid dienone is 1. The van der Waals surface area contributed by atoms with E-state index in [0.29, 0.717) is 24.3 Å². The van der Waals surface area contributed by atoms with Gasteiger partial charge in [0.15, 0.2) is 11.5 Å². The number of piperidine rings is 1. The quantitative estimate of drug-likeness (QED) is 0.673. The lowest BCUT2D eigenvalue weighted by Crippen LogP contribution is -2.49. The molecule has 2 aliphatic heterocycles. The maximum Gasteiger partial charge on any atom is 0.161 e. The van der Waals surface area contributed by atoms with Crippen molar-refractivity contribution >= 4 is 0 Å². The first-order valence-electron chi connectivity index (χ1n) is 10.6. The summed E-state index contributed by atoms with van der Waals surface area (Å²) in [6, 6.07) is 12.4. The number of benzene rings is 2. The zero-order valence-electron chi connectivity index (χ0n) is 17.8. The minimum atomic E-state index is -0.796. The van der Waals surface area contributed by atoms with Crippen LogP contribution in [0.5, 0.6) is 17.2 Å². The summed E-state index contributed by atoms with van der Waals surface area (Å²) >= 11 is 0. The van der Waals surface area contributed by atoms with Crippen LogP contribution in [0.15, 0.2) is 49.1 Å². The van der Waals surface area contributed by atoms with Crippen molar-refractivity contribution in [1.82, 2.24) is 4.90 Å².